The standard InChI is InChI=1S/C23H30N2O/c1-4-6-9-20(5-2)25-17-22-19(8-7-10-21(22)23(25)26)12-11-18-13-15-24(3)16-14-18/h4-5,10,18,20H,1-2,6-9,13-17H2,3H3. The Kier molecular flexibility index (Phi) is 6.16. The molecule has 2 fully saturated rings. The summed E-state index contributed by atoms with van der Waals surface area (Å²) < 4.78 is 0. The van der Waals surface area contributed by atoms with E-state index in [2.05, 4.69) is 43.0 Å². The fraction of sp³-hybridized carbons (Fsp3) is 0.522. The van der Waals surface area contributed by atoms with Crippen molar-refractivity contribution in [3.05, 3.63) is 48.1 Å². The van der Waals surface area contributed by atoms with Crippen LogP contribution in [0.25, 0.3) is 0 Å². The Hall–Kier alpha value is -2.05. The number of piperidine rings is 1. The average molecular weight is 351 g/mol. The van der Waals surface area contributed by atoms with E-state index >= 15 is 0 Å². The van der Waals surface area contributed by atoms with Crippen molar-refractivity contribution in [3.8, 4) is 11.8 Å². The number of carbonyl (C=O) groups excluding carboxylic acids is 1. The molecule has 0 aromatic heterocycles. The normalized spacial score (nSPS) is 22.4. The number of fused-ring (bicyclic) bond motifs is 1. The Labute approximate surface area is 158 Å². The van der Waals surface area contributed by atoms with Crippen LogP contribution in [0.5, 0.6) is 0 Å². The van der Waals surface area contributed by atoms with Gasteiger partial charge in [0.1, 0.15) is 0 Å². The lowest BCUT2D eigenvalue weighted by molar-refractivity contribution is -0.126. The third-order valence-electron chi connectivity index (χ3n) is 5.74. The summed E-state index contributed by atoms with van der Waals surface area (Å²) in [7, 11) is 2.17. The van der Waals surface area contributed by atoms with Gasteiger partial charge < -0.3 is 9.80 Å². The first-order chi connectivity index (χ1) is 12.6. The number of rotatable bonds is 5. The molecular formula is C23H30N2O. The monoisotopic (exact) mass is 350 g/mol. The Morgan fingerprint density at radius 3 is 2.81 bits per heavy atom. The van der Waals surface area contributed by atoms with Gasteiger partial charge >= 0.3 is 0 Å². The van der Waals surface area contributed by atoms with Crippen LogP contribution in [0.15, 0.2) is 48.1 Å². The van der Waals surface area contributed by atoms with Gasteiger partial charge in [-0.3, -0.25) is 4.79 Å². The zero-order valence-corrected chi connectivity index (χ0v) is 16.0. The Morgan fingerprint density at radius 1 is 1.35 bits per heavy atom. The van der Waals surface area contributed by atoms with Crippen LogP contribution < -0.4 is 0 Å². The molecule has 2 saturated heterocycles. The number of likely N-dealkylation sites (tertiary alicyclic amines) is 2. The van der Waals surface area contributed by atoms with Crippen LogP contribution in [-0.4, -0.2) is 48.4 Å². The highest BCUT2D eigenvalue weighted by atomic mass is 16.2. The van der Waals surface area contributed by atoms with Gasteiger partial charge in [-0.15, -0.1) is 13.2 Å². The number of allylic oxidation sites excluding steroid dienone is 3. The molecule has 0 aromatic carbocycles. The van der Waals surface area contributed by atoms with Crippen molar-refractivity contribution in [1.29, 1.82) is 0 Å². The maximum absolute atomic E-state index is 12.9. The lowest BCUT2D eigenvalue weighted by Crippen LogP contribution is -2.35. The first-order valence-electron chi connectivity index (χ1n) is 9.81. The predicted octanol–water partition coefficient (Wildman–Crippen LogP) is 3.71. The molecule has 0 radical (unpaired) electrons. The molecule has 0 bridgehead atoms. The van der Waals surface area contributed by atoms with Gasteiger partial charge in [-0.1, -0.05) is 30.1 Å². The second-order valence-electron chi connectivity index (χ2n) is 7.56. The molecule has 0 spiro atoms. The van der Waals surface area contributed by atoms with Gasteiger partial charge in [-0.2, -0.15) is 0 Å². The van der Waals surface area contributed by atoms with Crippen molar-refractivity contribution in [2.24, 2.45) is 5.92 Å². The fourth-order valence-corrected chi connectivity index (χ4v) is 4.03. The maximum atomic E-state index is 12.9. The summed E-state index contributed by atoms with van der Waals surface area (Å²) in [5.41, 5.74) is 3.23. The minimum Gasteiger partial charge on any atom is -0.328 e. The lowest BCUT2D eigenvalue weighted by atomic mass is 9.91. The van der Waals surface area contributed by atoms with Gasteiger partial charge in [0.25, 0.3) is 5.91 Å². The largest absolute Gasteiger partial charge is 0.328 e. The Bertz CT molecular complexity index is 695. The van der Waals surface area contributed by atoms with Crippen LogP contribution >= 0.6 is 0 Å². The number of nitrogens with zero attached hydrogens (tertiary/aromatic N) is 2. The van der Waals surface area contributed by atoms with E-state index in [0.29, 0.717) is 12.5 Å². The molecule has 1 unspecified atom stereocenters. The van der Waals surface area contributed by atoms with Gasteiger partial charge in [0.15, 0.2) is 0 Å². The minimum atomic E-state index is 0.0718. The molecule has 2 aliphatic heterocycles. The summed E-state index contributed by atoms with van der Waals surface area (Å²) in [4.78, 5) is 17.2. The number of hydrogen-bond donors (Lipinski definition) is 0. The molecule has 3 rings (SSSR count). The van der Waals surface area contributed by atoms with Crippen LogP contribution in [-0.2, 0) is 4.79 Å². The summed E-state index contributed by atoms with van der Waals surface area (Å²) in [6.45, 7) is 10.7. The molecule has 1 aliphatic carbocycles. The summed E-state index contributed by atoms with van der Waals surface area (Å²) in [6.07, 6.45) is 11.9. The summed E-state index contributed by atoms with van der Waals surface area (Å²) in [6, 6.07) is 0.0718. The zero-order chi connectivity index (χ0) is 18.5. The molecule has 138 valence electrons. The minimum absolute atomic E-state index is 0.0718. The highest BCUT2D eigenvalue weighted by Gasteiger charge is 2.36. The first kappa shape index (κ1) is 18.7. The Morgan fingerprint density at radius 2 is 2.12 bits per heavy atom. The van der Waals surface area contributed by atoms with Crippen molar-refractivity contribution in [3.63, 3.8) is 0 Å². The van der Waals surface area contributed by atoms with Gasteiger partial charge in [-0.25, -0.2) is 0 Å². The summed E-state index contributed by atoms with van der Waals surface area (Å²) >= 11 is 0. The van der Waals surface area contributed by atoms with Crippen molar-refractivity contribution < 1.29 is 4.79 Å². The van der Waals surface area contributed by atoms with Gasteiger partial charge in [0.2, 0.25) is 0 Å². The molecule has 2 heterocycles. The molecule has 26 heavy (non-hydrogen) atoms. The zero-order valence-electron chi connectivity index (χ0n) is 16.0. The van der Waals surface area contributed by atoms with Crippen LogP contribution in [0.4, 0.5) is 0 Å². The number of carbonyl (C=O) groups is 1. The predicted molar refractivity (Wildman–Crippen MR) is 107 cm³/mol. The van der Waals surface area contributed by atoms with Gasteiger partial charge in [0, 0.05) is 23.6 Å². The Balaban J connectivity index is 1.78. The van der Waals surface area contributed by atoms with Crippen LogP contribution in [0, 0.1) is 17.8 Å². The molecule has 3 nitrogen and oxygen atoms in total. The summed E-state index contributed by atoms with van der Waals surface area (Å²) in [5, 5.41) is 0. The van der Waals surface area contributed by atoms with Crippen LogP contribution in [0.2, 0.25) is 0 Å². The van der Waals surface area contributed by atoms with Crippen molar-refractivity contribution in [1.82, 2.24) is 9.80 Å². The van der Waals surface area contributed by atoms with E-state index in [0.717, 1.165) is 62.8 Å². The molecular weight excluding hydrogens is 320 g/mol. The van der Waals surface area contributed by atoms with Gasteiger partial charge in [0.05, 0.1) is 6.04 Å². The quantitative estimate of drug-likeness (QED) is 0.557. The van der Waals surface area contributed by atoms with Crippen LogP contribution in [0.1, 0.15) is 38.5 Å². The third kappa shape index (κ3) is 4.02. The van der Waals surface area contributed by atoms with Crippen molar-refractivity contribution in [2.45, 2.75) is 44.6 Å². The molecule has 3 aliphatic rings. The average Bonchev–Trinajstić information content (AvgIpc) is 2.99. The lowest BCUT2D eigenvalue weighted by Gasteiger charge is -2.25. The molecule has 1 amide bonds. The fourth-order valence-electron chi connectivity index (χ4n) is 4.03. The number of hydrogen-bond acceptors (Lipinski definition) is 2. The van der Waals surface area contributed by atoms with E-state index in [1.807, 2.05) is 17.1 Å². The molecule has 0 saturated carbocycles. The number of amides is 1. The highest BCUT2D eigenvalue weighted by molar-refractivity contribution is 6.02. The topological polar surface area (TPSA) is 23.6 Å². The van der Waals surface area contributed by atoms with Crippen LogP contribution in [0.3, 0.4) is 0 Å². The van der Waals surface area contributed by atoms with E-state index in [1.54, 1.807) is 0 Å². The maximum Gasteiger partial charge on any atom is 0.254 e. The van der Waals surface area contributed by atoms with E-state index in [4.69, 9.17) is 0 Å². The second-order valence-corrected chi connectivity index (χ2v) is 7.56. The second kappa shape index (κ2) is 8.56. The molecule has 0 aromatic rings. The smallest absolute Gasteiger partial charge is 0.254 e. The van der Waals surface area contributed by atoms with E-state index in [-0.39, 0.29) is 11.9 Å². The van der Waals surface area contributed by atoms with Crippen molar-refractivity contribution in [2.75, 3.05) is 26.7 Å². The van der Waals surface area contributed by atoms with E-state index in [9.17, 15) is 4.79 Å². The van der Waals surface area contributed by atoms with Gasteiger partial charge in [-0.05, 0) is 64.2 Å². The third-order valence-corrected chi connectivity index (χ3v) is 5.74. The molecule has 3 heteroatoms. The summed E-state index contributed by atoms with van der Waals surface area (Å²) in [5.74, 6) is 7.62. The SMILES string of the molecule is C=CCCC(C=C)N1CC2=C(C#CC3CCN(C)CC3)CCC=C2C1=O. The van der Waals surface area contributed by atoms with E-state index < -0.39 is 0 Å². The molecule has 1 atom stereocenters. The molecule has 0 N–H and O–H groups in total. The van der Waals surface area contributed by atoms with E-state index in [1.165, 1.54) is 5.57 Å². The first-order valence-corrected chi connectivity index (χ1v) is 9.81. The highest BCUT2D eigenvalue weighted by Crippen LogP contribution is 2.34. The van der Waals surface area contributed by atoms with Crippen molar-refractivity contribution >= 4 is 5.91 Å².